The highest BCUT2D eigenvalue weighted by Gasteiger charge is 2.21. The van der Waals surface area contributed by atoms with E-state index in [0.29, 0.717) is 17.1 Å². The average Bonchev–Trinajstić information content (AvgIpc) is 3.52. The number of rotatable bonds is 3. The van der Waals surface area contributed by atoms with Gasteiger partial charge >= 0.3 is 0 Å². The van der Waals surface area contributed by atoms with Crippen LogP contribution in [0, 0.1) is 0 Å². The van der Waals surface area contributed by atoms with E-state index in [9.17, 15) is 0 Å². The Hall–Kier alpha value is -3.23. The lowest BCUT2D eigenvalue weighted by Gasteiger charge is -2.24. The monoisotopic (exact) mass is 419 g/mol. The second-order valence-electron chi connectivity index (χ2n) is 7.50. The van der Waals surface area contributed by atoms with E-state index in [1.165, 1.54) is 0 Å². The zero-order valence-electron chi connectivity index (χ0n) is 16.0. The third kappa shape index (κ3) is 2.79. The summed E-state index contributed by atoms with van der Waals surface area (Å²) < 4.78 is 9.51. The normalized spacial score (nSPS) is 17.2. The number of nitrogens with zero attached hydrogens (tertiary/aromatic N) is 6. The van der Waals surface area contributed by atoms with Gasteiger partial charge in [0.05, 0.1) is 46.3 Å². The Morgan fingerprint density at radius 1 is 1.17 bits per heavy atom. The van der Waals surface area contributed by atoms with Crippen LogP contribution in [-0.4, -0.2) is 48.2 Å². The minimum atomic E-state index is 0.226. The molecule has 4 heterocycles. The predicted molar refractivity (Wildman–Crippen MR) is 114 cm³/mol. The van der Waals surface area contributed by atoms with Gasteiger partial charge in [-0.2, -0.15) is 10.2 Å². The van der Waals surface area contributed by atoms with Crippen molar-refractivity contribution in [3.05, 3.63) is 53.8 Å². The fourth-order valence-corrected chi connectivity index (χ4v) is 4.38. The molecule has 30 heavy (non-hydrogen) atoms. The van der Waals surface area contributed by atoms with Crippen molar-refractivity contribution in [2.24, 2.45) is 0 Å². The molecule has 0 amide bonds. The predicted octanol–water partition coefficient (Wildman–Crippen LogP) is 4.17. The van der Waals surface area contributed by atoms with Crippen LogP contribution in [0.3, 0.4) is 0 Å². The molecule has 0 saturated carbocycles. The van der Waals surface area contributed by atoms with Crippen LogP contribution in [0.25, 0.3) is 38.9 Å². The first-order chi connectivity index (χ1) is 14.8. The minimum absolute atomic E-state index is 0.226. The van der Waals surface area contributed by atoms with Crippen LogP contribution in [0.5, 0.6) is 0 Å². The Kier molecular flexibility index (Phi) is 4.07. The second kappa shape index (κ2) is 6.93. The first-order valence-corrected chi connectivity index (χ1v) is 10.3. The third-order valence-corrected chi connectivity index (χ3v) is 5.91. The van der Waals surface area contributed by atoms with E-state index in [2.05, 4.69) is 31.7 Å². The Balaban J connectivity index is 1.49. The molecular formula is C21H18ClN7O. The van der Waals surface area contributed by atoms with Gasteiger partial charge in [0, 0.05) is 23.8 Å². The summed E-state index contributed by atoms with van der Waals surface area (Å²) in [6.07, 6.45) is 5.71. The topological polar surface area (TPSA) is 86.4 Å². The number of ether oxygens (including phenoxy) is 1. The minimum Gasteiger partial charge on any atom is -0.379 e. The molecule has 0 radical (unpaired) electrons. The summed E-state index contributed by atoms with van der Waals surface area (Å²) in [7, 11) is 0. The molecule has 1 fully saturated rings. The van der Waals surface area contributed by atoms with E-state index in [4.69, 9.17) is 16.3 Å². The van der Waals surface area contributed by atoms with Gasteiger partial charge in [-0.25, -0.2) is 4.68 Å². The number of halogens is 1. The molecule has 0 spiro atoms. The van der Waals surface area contributed by atoms with Gasteiger partial charge < -0.3 is 4.74 Å². The van der Waals surface area contributed by atoms with Gasteiger partial charge in [0.1, 0.15) is 5.52 Å². The number of aromatic nitrogens is 7. The summed E-state index contributed by atoms with van der Waals surface area (Å²) in [4.78, 5) is 0. The molecule has 1 aliphatic rings. The van der Waals surface area contributed by atoms with E-state index < -0.39 is 0 Å². The Morgan fingerprint density at radius 3 is 3.03 bits per heavy atom. The van der Waals surface area contributed by atoms with Crippen LogP contribution in [0.1, 0.15) is 18.9 Å². The Labute approximate surface area is 176 Å². The lowest BCUT2D eigenvalue weighted by Crippen LogP contribution is -2.22. The standard InChI is InChI=1S/C21H18ClN7O/c22-17-8-14(19-5-6-24-28(19)16-2-1-7-30-12-16)9-20-21(17)26-27-29(20)15-4-3-13-11-23-25-18(13)10-15/h3-6,8-11,16H,1-2,7,12H2,(H,23,25). The zero-order chi connectivity index (χ0) is 20.1. The summed E-state index contributed by atoms with van der Waals surface area (Å²) in [5.41, 5.74) is 5.31. The van der Waals surface area contributed by atoms with E-state index >= 15 is 0 Å². The van der Waals surface area contributed by atoms with Crippen LogP contribution in [-0.2, 0) is 4.74 Å². The molecule has 1 saturated heterocycles. The Bertz CT molecular complexity index is 1360. The molecule has 2 aromatic carbocycles. The zero-order valence-corrected chi connectivity index (χ0v) is 16.8. The summed E-state index contributed by atoms with van der Waals surface area (Å²) in [5.74, 6) is 0. The summed E-state index contributed by atoms with van der Waals surface area (Å²) in [6, 6.07) is 12.2. The van der Waals surface area contributed by atoms with Gasteiger partial charge in [-0.1, -0.05) is 16.8 Å². The quantitative estimate of drug-likeness (QED) is 0.474. The molecule has 1 N–H and O–H groups in total. The maximum Gasteiger partial charge on any atom is 0.132 e. The van der Waals surface area contributed by atoms with Gasteiger partial charge in [-0.15, -0.1) is 5.10 Å². The first kappa shape index (κ1) is 17.6. The molecule has 6 rings (SSSR count). The van der Waals surface area contributed by atoms with Crippen molar-refractivity contribution in [3.8, 4) is 16.9 Å². The highest BCUT2D eigenvalue weighted by Crippen LogP contribution is 2.33. The fourth-order valence-electron chi connectivity index (χ4n) is 4.13. The fraction of sp³-hybridized carbons (Fsp3) is 0.238. The lowest BCUT2D eigenvalue weighted by atomic mass is 10.1. The highest BCUT2D eigenvalue weighted by atomic mass is 35.5. The molecular weight excluding hydrogens is 402 g/mol. The summed E-state index contributed by atoms with van der Waals surface area (Å²) in [5, 5.41) is 21.9. The highest BCUT2D eigenvalue weighted by molar-refractivity contribution is 6.35. The van der Waals surface area contributed by atoms with Crippen LogP contribution in [0.2, 0.25) is 5.02 Å². The molecule has 9 heteroatoms. The molecule has 1 unspecified atom stereocenters. The number of nitrogens with one attached hydrogen (secondary N) is 1. The smallest absolute Gasteiger partial charge is 0.132 e. The van der Waals surface area contributed by atoms with Crippen molar-refractivity contribution in [2.45, 2.75) is 18.9 Å². The summed E-state index contributed by atoms with van der Waals surface area (Å²) in [6.45, 7) is 1.49. The maximum absolute atomic E-state index is 6.61. The van der Waals surface area contributed by atoms with Crippen molar-refractivity contribution in [2.75, 3.05) is 13.2 Å². The van der Waals surface area contributed by atoms with Crippen LogP contribution < -0.4 is 0 Å². The van der Waals surface area contributed by atoms with Crippen LogP contribution >= 0.6 is 11.6 Å². The molecule has 1 aliphatic heterocycles. The van der Waals surface area contributed by atoms with E-state index in [1.54, 1.807) is 10.9 Å². The van der Waals surface area contributed by atoms with Crippen LogP contribution in [0.15, 0.2) is 48.8 Å². The molecule has 150 valence electrons. The molecule has 3 aromatic heterocycles. The van der Waals surface area contributed by atoms with Gasteiger partial charge in [0.25, 0.3) is 0 Å². The summed E-state index contributed by atoms with van der Waals surface area (Å²) >= 11 is 6.61. The maximum atomic E-state index is 6.61. The van der Waals surface area contributed by atoms with Gasteiger partial charge in [0.15, 0.2) is 0 Å². The number of aromatic amines is 1. The van der Waals surface area contributed by atoms with E-state index in [-0.39, 0.29) is 6.04 Å². The second-order valence-corrected chi connectivity index (χ2v) is 7.91. The first-order valence-electron chi connectivity index (χ1n) is 9.88. The van der Waals surface area contributed by atoms with Crippen molar-refractivity contribution < 1.29 is 4.74 Å². The molecule has 0 aliphatic carbocycles. The molecule has 0 bridgehead atoms. The van der Waals surface area contributed by atoms with Crippen molar-refractivity contribution in [1.82, 2.24) is 35.0 Å². The number of fused-ring (bicyclic) bond motifs is 2. The third-order valence-electron chi connectivity index (χ3n) is 5.62. The van der Waals surface area contributed by atoms with E-state index in [0.717, 1.165) is 52.8 Å². The molecule has 8 nitrogen and oxygen atoms in total. The molecule has 5 aromatic rings. The largest absolute Gasteiger partial charge is 0.379 e. The van der Waals surface area contributed by atoms with Gasteiger partial charge in [0.2, 0.25) is 0 Å². The SMILES string of the molecule is Clc1cc(-c2ccnn2C2CCCOC2)cc2c1nnn2-c1ccc2cn[nH]c2c1. The number of H-pyrrole nitrogens is 1. The number of benzene rings is 2. The lowest BCUT2D eigenvalue weighted by molar-refractivity contribution is 0.0555. The van der Waals surface area contributed by atoms with Crippen molar-refractivity contribution in [3.63, 3.8) is 0 Å². The van der Waals surface area contributed by atoms with Gasteiger partial charge in [-0.05, 0) is 49.2 Å². The van der Waals surface area contributed by atoms with Crippen molar-refractivity contribution in [1.29, 1.82) is 0 Å². The van der Waals surface area contributed by atoms with Gasteiger partial charge in [-0.3, -0.25) is 9.78 Å². The van der Waals surface area contributed by atoms with Crippen molar-refractivity contribution >= 4 is 33.5 Å². The Morgan fingerprint density at radius 2 is 2.13 bits per heavy atom. The number of hydrogen-bond donors (Lipinski definition) is 1. The van der Waals surface area contributed by atoms with E-state index in [1.807, 2.05) is 41.2 Å². The average molecular weight is 420 g/mol. The molecule has 1 atom stereocenters. The van der Waals surface area contributed by atoms with Crippen LogP contribution in [0.4, 0.5) is 0 Å². The number of hydrogen-bond acceptors (Lipinski definition) is 5.